The van der Waals surface area contributed by atoms with Crippen molar-refractivity contribution in [2.24, 2.45) is 0 Å². The number of sulfonamides is 1. The van der Waals surface area contributed by atoms with E-state index in [9.17, 15) is 38.0 Å². The van der Waals surface area contributed by atoms with Gasteiger partial charge in [-0.15, -0.1) is 0 Å². The summed E-state index contributed by atoms with van der Waals surface area (Å²) in [5, 5.41) is 22.2. The second-order valence-corrected chi connectivity index (χ2v) is 11.2. The van der Waals surface area contributed by atoms with E-state index in [1.54, 1.807) is 19.1 Å². The second kappa shape index (κ2) is 12.2. The summed E-state index contributed by atoms with van der Waals surface area (Å²) in [4.78, 5) is 49.2. The van der Waals surface area contributed by atoms with Crippen LogP contribution in [-0.4, -0.2) is 54.8 Å². The van der Waals surface area contributed by atoms with Crippen LogP contribution in [0.5, 0.6) is 0 Å². The number of aliphatic carboxylic acids is 1. The molecule has 0 radical (unpaired) electrons. The number of rotatable bonds is 10. The molecule has 41 heavy (non-hydrogen) atoms. The minimum Gasteiger partial charge on any atom is -0.478 e. The average Bonchev–Trinajstić information content (AvgIpc) is 2.88. The zero-order valence-electron chi connectivity index (χ0n) is 22.8. The number of ether oxygens (including phenoxy) is 2. The molecule has 14 heteroatoms. The Morgan fingerprint density at radius 2 is 1.66 bits per heavy atom. The number of esters is 2. The molecule has 0 aliphatic carbocycles. The fourth-order valence-electron chi connectivity index (χ4n) is 4.53. The maximum absolute atomic E-state index is 13.6. The molecule has 0 fully saturated rings. The van der Waals surface area contributed by atoms with E-state index in [-0.39, 0.29) is 39.5 Å². The molecular formula is C27H29N3O10S. The number of allylic oxidation sites excluding steroid dienone is 2. The summed E-state index contributed by atoms with van der Waals surface area (Å²) in [6.45, 7) is 5.93. The zero-order valence-corrected chi connectivity index (χ0v) is 23.6. The number of carbonyl (C=O) groups excluding carboxylic acids is 2. The Kier molecular flexibility index (Phi) is 9.17. The molecule has 3 atom stereocenters. The number of nitro benzene ring substituents is 1. The number of dihydropyridines is 1. The molecule has 0 saturated carbocycles. The summed E-state index contributed by atoms with van der Waals surface area (Å²) < 4.78 is 38.9. The van der Waals surface area contributed by atoms with Crippen molar-refractivity contribution in [1.29, 1.82) is 0 Å². The first-order chi connectivity index (χ1) is 19.2. The Hall–Kier alpha value is -4.72. The molecule has 1 heterocycles. The normalized spacial score (nSPS) is 16.8. The third-order valence-electron chi connectivity index (χ3n) is 6.42. The number of nitrogens with zero attached hydrogens (tertiary/aromatic N) is 1. The molecule has 13 nitrogen and oxygen atoms in total. The predicted molar refractivity (Wildman–Crippen MR) is 147 cm³/mol. The van der Waals surface area contributed by atoms with E-state index >= 15 is 0 Å². The van der Waals surface area contributed by atoms with E-state index in [0.717, 1.165) is 18.7 Å². The number of methoxy groups -OCH3 is 1. The van der Waals surface area contributed by atoms with Crippen LogP contribution in [0.25, 0.3) is 0 Å². The standard InChI is InChI=1S/C27H29N3O10S/c1-14-9-11-19(12-10-14)29-41(37,38)24(27(34)39-5)17(4)40-26(33)22-16(3)28-15(2)21(25(31)32)23(22)18-7-6-8-20(13-18)30(35)36/h6-13,17,23-24,28-29H,1-5H3,(H,31,32)/t17-,23?,24+/m1/s1. The minimum absolute atomic E-state index is 0.120. The Morgan fingerprint density at radius 3 is 2.22 bits per heavy atom. The number of hydrogen-bond acceptors (Lipinski definition) is 10. The van der Waals surface area contributed by atoms with E-state index in [0.29, 0.717) is 0 Å². The van der Waals surface area contributed by atoms with Gasteiger partial charge in [-0.25, -0.2) is 18.0 Å². The molecular weight excluding hydrogens is 558 g/mol. The molecule has 0 aromatic heterocycles. The molecule has 0 amide bonds. The van der Waals surface area contributed by atoms with Crippen LogP contribution in [-0.2, 0) is 33.9 Å². The molecule has 218 valence electrons. The van der Waals surface area contributed by atoms with Crippen molar-refractivity contribution in [3.8, 4) is 0 Å². The van der Waals surface area contributed by atoms with Gasteiger partial charge in [-0.3, -0.25) is 19.6 Å². The average molecular weight is 588 g/mol. The fourth-order valence-corrected chi connectivity index (χ4v) is 6.03. The van der Waals surface area contributed by atoms with Crippen LogP contribution >= 0.6 is 0 Å². The maximum Gasteiger partial charge on any atom is 0.337 e. The monoisotopic (exact) mass is 587 g/mol. The van der Waals surface area contributed by atoms with Crippen LogP contribution in [0, 0.1) is 17.0 Å². The number of carboxylic acid groups (broad SMARTS) is 1. The lowest BCUT2D eigenvalue weighted by Crippen LogP contribution is -2.46. The van der Waals surface area contributed by atoms with E-state index in [1.165, 1.54) is 51.1 Å². The van der Waals surface area contributed by atoms with Gasteiger partial charge in [0, 0.05) is 29.2 Å². The van der Waals surface area contributed by atoms with Crippen molar-refractivity contribution in [1.82, 2.24) is 5.32 Å². The van der Waals surface area contributed by atoms with Crippen LogP contribution < -0.4 is 10.0 Å². The van der Waals surface area contributed by atoms with Crippen LogP contribution in [0.3, 0.4) is 0 Å². The number of nitro groups is 1. The smallest absolute Gasteiger partial charge is 0.337 e. The predicted octanol–water partition coefficient (Wildman–Crippen LogP) is 3.14. The van der Waals surface area contributed by atoms with E-state index in [4.69, 9.17) is 9.47 Å². The van der Waals surface area contributed by atoms with Crippen molar-refractivity contribution in [2.45, 2.75) is 45.0 Å². The summed E-state index contributed by atoms with van der Waals surface area (Å²) >= 11 is 0. The molecule has 1 aliphatic heterocycles. The Balaban J connectivity index is 2.02. The molecule has 2 aromatic rings. The molecule has 0 bridgehead atoms. The third-order valence-corrected chi connectivity index (χ3v) is 8.19. The third kappa shape index (κ3) is 6.72. The molecule has 0 spiro atoms. The Morgan fingerprint density at radius 1 is 1.05 bits per heavy atom. The number of nitrogens with one attached hydrogen (secondary N) is 2. The number of benzene rings is 2. The van der Waals surface area contributed by atoms with Gasteiger partial charge in [0.1, 0.15) is 6.10 Å². The highest BCUT2D eigenvalue weighted by Crippen LogP contribution is 2.40. The first-order valence-electron chi connectivity index (χ1n) is 12.2. The first-order valence-corrected chi connectivity index (χ1v) is 13.8. The van der Waals surface area contributed by atoms with Gasteiger partial charge in [0.2, 0.25) is 15.3 Å². The molecule has 3 rings (SSSR count). The Labute approximate surface area is 236 Å². The highest BCUT2D eigenvalue weighted by atomic mass is 32.2. The number of aryl methyl sites for hydroxylation is 1. The minimum atomic E-state index is -4.51. The van der Waals surface area contributed by atoms with Crippen molar-refractivity contribution in [3.05, 3.63) is 92.3 Å². The topological polar surface area (TPSA) is 191 Å². The number of carboxylic acids is 1. The van der Waals surface area contributed by atoms with Gasteiger partial charge >= 0.3 is 17.9 Å². The van der Waals surface area contributed by atoms with Crippen molar-refractivity contribution in [3.63, 3.8) is 0 Å². The number of anilines is 1. The summed E-state index contributed by atoms with van der Waals surface area (Å²) in [5.41, 5.74) is 0.686. The van der Waals surface area contributed by atoms with E-state index in [2.05, 4.69) is 10.0 Å². The largest absolute Gasteiger partial charge is 0.478 e. The van der Waals surface area contributed by atoms with Gasteiger partial charge in [-0.2, -0.15) is 0 Å². The van der Waals surface area contributed by atoms with Gasteiger partial charge in [-0.1, -0.05) is 29.8 Å². The van der Waals surface area contributed by atoms with Crippen LogP contribution in [0.1, 0.15) is 37.8 Å². The van der Waals surface area contributed by atoms with Gasteiger partial charge in [0.25, 0.3) is 5.69 Å². The van der Waals surface area contributed by atoms with Crippen molar-refractivity contribution >= 4 is 39.3 Å². The molecule has 1 aliphatic rings. The SMILES string of the molecule is COC(=O)[C@H]([C@@H](C)OC(=O)C1=C(C)NC(C)=C(C(=O)O)C1c1cccc([N+](=O)[O-])c1)S(=O)(=O)Nc1ccc(C)cc1. The fraction of sp³-hybridized carbons (Fsp3) is 0.296. The lowest BCUT2D eigenvalue weighted by Gasteiger charge is -2.31. The zero-order chi connectivity index (χ0) is 30.6. The lowest BCUT2D eigenvalue weighted by molar-refractivity contribution is -0.384. The molecule has 1 unspecified atom stereocenters. The molecule has 3 N–H and O–H groups in total. The van der Waals surface area contributed by atoms with Crippen molar-refractivity contribution < 1.29 is 42.3 Å². The lowest BCUT2D eigenvalue weighted by atomic mass is 9.80. The van der Waals surface area contributed by atoms with Gasteiger partial charge in [-0.05, 0) is 45.4 Å². The van der Waals surface area contributed by atoms with Crippen LogP contribution in [0.15, 0.2) is 71.1 Å². The van der Waals surface area contributed by atoms with Crippen molar-refractivity contribution in [2.75, 3.05) is 11.8 Å². The Bertz CT molecular complexity index is 1560. The van der Waals surface area contributed by atoms with Gasteiger partial charge in [0.05, 0.1) is 29.1 Å². The number of hydrogen-bond donors (Lipinski definition) is 3. The maximum atomic E-state index is 13.6. The van der Waals surface area contributed by atoms with E-state index in [1.807, 2.05) is 0 Å². The summed E-state index contributed by atoms with van der Waals surface area (Å²) in [6, 6.07) is 11.4. The van der Waals surface area contributed by atoms with Crippen LogP contribution in [0.2, 0.25) is 0 Å². The highest BCUT2D eigenvalue weighted by Gasteiger charge is 2.43. The quantitative estimate of drug-likeness (QED) is 0.210. The summed E-state index contributed by atoms with van der Waals surface area (Å²) in [6.07, 6.45) is -1.61. The first kappa shape index (κ1) is 30.8. The number of non-ortho nitro benzene ring substituents is 1. The summed E-state index contributed by atoms with van der Waals surface area (Å²) in [5.74, 6) is -5.04. The highest BCUT2D eigenvalue weighted by molar-refractivity contribution is 7.94. The second-order valence-electron chi connectivity index (χ2n) is 9.36. The van der Waals surface area contributed by atoms with E-state index < -0.39 is 50.1 Å². The van der Waals surface area contributed by atoms with Gasteiger partial charge in [0.15, 0.2) is 0 Å². The molecule has 2 aromatic carbocycles. The molecule has 0 saturated heterocycles. The van der Waals surface area contributed by atoms with Gasteiger partial charge < -0.3 is 19.9 Å². The number of carbonyl (C=O) groups is 3. The summed E-state index contributed by atoms with van der Waals surface area (Å²) in [7, 11) is -3.53. The van der Waals surface area contributed by atoms with Crippen LogP contribution in [0.4, 0.5) is 11.4 Å².